The van der Waals surface area contributed by atoms with Crippen molar-refractivity contribution in [2.24, 2.45) is 0 Å². The smallest absolute Gasteiger partial charge is 0.251 e. The van der Waals surface area contributed by atoms with E-state index in [2.05, 4.69) is 5.32 Å². The Morgan fingerprint density at radius 2 is 1.65 bits per heavy atom. The number of amides is 1. The summed E-state index contributed by atoms with van der Waals surface area (Å²) < 4.78 is 25.9. The van der Waals surface area contributed by atoms with E-state index in [0.717, 1.165) is 6.42 Å². The fourth-order valence-corrected chi connectivity index (χ4v) is 3.29. The van der Waals surface area contributed by atoms with Crippen LogP contribution < -0.4 is 5.32 Å². The number of carbonyl (C=O) groups excluding carboxylic acids is 1. The van der Waals surface area contributed by atoms with Crippen LogP contribution >= 0.6 is 0 Å². The highest BCUT2D eigenvalue weighted by Gasteiger charge is 2.21. The monoisotopic (exact) mass is 298 g/mol. The first-order valence-corrected chi connectivity index (χ1v) is 8.29. The molecule has 1 aromatic carbocycles. The lowest BCUT2D eigenvalue weighted by atomic mass is 10.2. The fourth-order valence-electron chi connectivity index (χ4n) is 1.83. The Hall–Kier alpha value is -1.40. The Morgan fingerprint density at radius 1 is 1.10 bits per heavy atom. The Morgan fingerprint density at radius 3 is 2.10 bits per heavy atom. The lowest BCUT2D eigenvalue weighted by Crippen LogP contribution is -2.30. The zero-order valence-electron chi connectivity index (χ0n) is 12.2. The quantitative estimate of drug-likeness (QED) is 0.835. The molecule has 20 heavy (non-hydrogen) atoms. The van der Waals surface area contributed by atoms with E-state index in [1.54, 1.807) is 26.0 Å². The molecular formula is C14H22N2O3S. The Labute approximate surface area is 121 Å². The van der Waals surface area contributed by atoms with Gasteiger partial charge in [-0.25, -0.2) is 8.42 Å². The zero-order valence-corrected chi connectivity index (χ0v) is 13.0. The van der Waals surface area contributed by atoms with Crippen molar-refractivity contribution in [3.8, 4) is 0 Å². The second-order valence-corrected chi connectivity index (χ2v) is 6.31. The summed E-state index contributed by atoms with van der Waals surface area (Å²) in [6, 6.07) is 6.05. The summed E-state index contributed by atoms with van der Waals surface area (Å²) >= 11 is 0. The van der Waals surface area contributed by atoms with E-state index < -0.39 is 10.0 Å². The average molecular weight is 298 g/mol. The maximum atomic E-state index is 12.3. The number of benzene rings is 1. The van der Waals surface area contributed by atoms with Crippen molar-refractivity contribution in [3.05, 3.63) is 29.8 Å². The number of nitrogens with zero attached hydrogens (tertiary/aromatic N) is 1. The van der Waals surface area contributed by atoms with Crippen LogP contribution in [0.15, 0.2) is 29.2 Å². The fraction of sp³-hybridized carbons (Fsp3) is 0.500. The number of nitrogens with one attached hydrogen (secondary N) is 1. The number of carbonyl (C=O) groups is 1. The minimum atomic E-state index is -3.46. The van der Waals surface area contributed by atoms with Gasteiger partial charge in [0.05, 0.1) is 4.90 Å². The van der Waals surface area contributed by atoms with E-state index in [0.29, 0.717) is 25.2 Å². The standard InChI is InChI=1S/C14H22N2O3S/c1-4-11-15-14(17)12-7-9-13(10-8-12)20(18,19)16(5-2)6-3/h7-10H,4-6,11H2,1-3H3,(H,15,17). The average Bonchev–Trinajstić information content (AvgIpc) is 2.46. The third-order valence-electron chi connectivity index (χ3n) is 3.00. The summed E-state index contributed by atoms with van der Waals surface area (Å²) in [4.78, 5) is 12.0. The highest BCUT2D eigenvalue weighted by molar-refractivity contribution is 7.89. The molecule has 0 heterocycles. The van der Waals surface area contributed by atoms with Crippen molar-refractivity contribution < 1.29 is 13.2 Å². The SMILES string of the molecule is CCCNC(=O)c1ccc(S(=O)(=O)N(CC)CC)cc1. The Bertz CT molecular complexity index is 534. The van der Waals surface area contributed by atoms with Crippen molar-refractivity contribution in [1.29, 1.82) is 0 Å². The van der Waals surface area contributed by atoms with Gasteiger partial charge < -0.3 is 5.32 Å². The van der Waals surface area contributed by atoms with Crippen LogP contribution in [-0.2, 0) is 10.0 Å². The molecule has 1 rings (SSSR count). The van der Waals surface area contributed by atoms with Crippen molar-refractivity contribution in [3.63, 3.8) is 0 Å². The van der Waals surface area contributed by atoms with Crippen molar-refractivity contribution in [2.45, 2.75) is 32.1 Å². The van der Waals surface area contributed by atoms with Crippen LogP contribution in [0.25, 0.3) is 0 Å². The third-order valence-corrected chi connectivity index (χ3v) is 5.06. The molecule has 5 nitrogen and oxygen atoms in total. The van der Waals surface area contributed by atoms with Gasteiger partial charge in [-0.1, -0.05) is 20.8 Å². The number of rotatable bonds is 7. The number of hydrogen-bond donors (Lipinski definition) is 1. The van der Waals surface area contributed by atoms with Gasteiger partial charge in [0.1, 0.15) is 0 Å². The normalized spacial score (nSPS) is 11.6. The van der Waals surface area contributed by atoms with Crippen LogP contribution in [-0.4, -0.2) is 38.3 Å². The van der Waals surface area contributed by atoms with Gasteiger partial charge >= 0.3 is 0 Å². The first-order chi connectivity index (χ1) is 9.47. The van der Waals surface area contributed by atoms with E-state index in [-0.39, 0.29) is 10.8 Å². The topological polar surface area (TPSA) is 66.5 Å². The van der Waals surface area contributed by atoms with Crippen LogP contribution in [0, 0.1) is 0 Å². The largest absolute Gasteiger partial charge is 0.352 e. The van der Waals surface area contributed by atoms with Crippen molar-refractivity contribution >= 4 is 15.9 Å². The molecule has 1 amide bonds. The van der Waals surface area contributed by atoms with Gasteiger partial charge in [0.2, 0.25) is 10.0 Å². The minimum absolute atomic E-state index is 0.182. The van der Waals surface area contributed by atoms with Crippen LogP contribution in [0.4, 0.5) is 0 Å². The van der Waals surface area contributed by atoms with Crippen LogP contribution in [0.5, 0.6) is 0 Å². The summed E-state index contributed by atoms with van der Waals surface area (Å²) in [5, 5.41) is 2.75. The molecule has 0 unspecified atom stereocenters. The first-order valence-electron chi connectivity index (χ1n) is 6.85. The minimum Gasteiger partial charge on any atom is -0.352 e. The molecule has 0 bridgehead atoms. The van der Waals surface area contributed by atoms with E-state index in [4.69, 9.17) is 0 Å². The van der Waals surface area contributed by atoms with E-state index in [1.807, 2.05) is 6.92 Å². The summed E-state index contributed by atoms with van der Waals surface area (Å²) in [5.41, 5.74) is 0.469. The highest BCUT2D eigenvalue weighted by atomic mass is 32.2. The number of sulfonamides is 1. The molecular weight excluding hydrogens is 276 g/mol. The van der Waals surface area contributed by atoms with Crippen molar-refractivity contribution in [2.75, 3.05) is 19.6 Å². The predicted molar refractivity (Wildman–Crippen MR) is 79.2 cm³/mol. The molecule has 0 aromatic heterocycles. The molecule has 0 aliphatic carbocycles. The zero-order chi connectivity index (χ0) is 15.2. The van der Waals surface area contributed by atoms with E-state index >= 15 is 0 Å². The maximum Gasteiger partial charge on any atom is 0.251 e. The van der Waals surface area contributed by atoms with Crippen LogP contribution in [0.2, 0.25) is 0 Å². The van der Waals surface area contributed by atoms with Gasteiger partial charge in [-0.05, 0) is 30.7 Å². The summed E-state index contributed by atoms with van der Waals surface area (Å²) in [7, 11) is -3.46. The molecule has 112 valence electrons. The van der Waals surface area contributed by atoms with Gasteiger partial charge in [0, 0.05) is 25.2 Å². The molecule has 0 fully saturated rings. The molecule has 1 aromatic rings. The summed E-state index contributed by atoms with van der Waals surface area (Å²) in [6.45, 7) is 7.04. The highest BCUT2D eigenvalue weighted by Crippen LogP contribution is 2.16. The van der Waals surface area contributed by atoms with Gasteiger partial charge in [-0.15, -0.1) is 0 Å². The molecule has 0 atom stereocenters. The first kappa shape index (κ1) is 16.7. The van der Waals surface area contributed by atoms with E-state index in [9.17, 15) is 13.2 Å². The second kappa shape index (κ2) is 7.40. The van der Waals surface area contributed by atoms with Gasteiger partial charge in [-0.2, -0.15) is 4.31 Å². The molecule has 0 spiro atoms. The lowest BCUT2D eigenvalue weighted by Gasteiger charge is -2.18. The third kappa shape index (κ3) is 3.80. The lowest BCUT2D eigenvalue weighted by molar-refractivity contribution is 0.0953. The summed E-state index contributed by atoms with van der Waals surface area (Å²) in [5.74, 6) is -0.182. The summed E-state index contributed by atoms with van der Waals surface area (Å²) in [6.07, 6.45) is 0.861. The predicted octanol–water partition coefficient (Wildman–Crippen LogP) is 1.86. The molecule has 0 saturated carbocycles. The van der Waals surface area contributed by atoms with Crippen LogP contribution in [0.1, 0.15) is 37.6 Å². The van der Waals surface area contributed by atoms with Gasteiger partial charge in [-0.3, -0.25) is 4.79 Å². The molecule has 6 heteroatoms. The number of hydrogen-bond acceptors (Lipinski definition) is 3. The molecule has 1 N–H and O–H groups in total. The molecule has 0 aliphatic heterocycles. The molecule has 0 aliphatic rings. The Kier molecular flexibility index (Phi) is 6.16. The van der Waals surface area contributed by atoms with Gasteiger partial charge in [0.15, 0.2) is 0 Å². The maximum absolute atomic E-state index is 12.3. The molecule has 0 radical (unpaired) electrons. The second-order valence-electron chi connectivity index (χ2n) is 4.37. The van der Waals surface area contributed by atoms with E-state index in [1.165, 1.54) is 16.4 Å². The molecule has 0 saturated heterocycles. The van der Waals surface area contributed by atoms with Gasteiger partial charge in [0.25, 0.3) is 5.91 Å². The Balaban J connectivity index is 2.94. The van der Waals surface area contributed by atoms with Crippen molar-refractivity contribution in [1.82, 2.24) is 9.62 Å². The van der Waals surface area contributed by atoms with Crippen LogP contribution in [0.3, 0.4) is 0 Å².